The van der Waals surface area contributed by atoms with E-state index in [9.17, 15) is 18.0 Å². The van der Waals surface area contributed by atoms with Crippen molar-refractivity contribution in [3.63, 3.8) is 0 Å². The van der Waals surface area contributed by atoms with E-state index in [-0.39, 0.29) is 41.6 Å². The molecule has 0 radical (unpaired) electrons. The Kier molecular flexibility index (Phi) is 8.04. The molecule has 0 unspecified atom stereocenters. The van der Waals surface area contributed by atoms with Crippen molar-refractivity contribution in [1.29, 1.82) is 0 Å². The minimum absolute atomic E-state index is 0.0453. The van der Waals surface area contributed by atoms with Crippen molar-refractivity contribution in [2.45, 2.75) is 31.6 Å². The maximum atomic E-state index is 13.2. The summed E-state index contributed by atoms with van der Waals surface area (Å²) < 4.78 is 32.4. The van der Waals surface area contributed by atoms with Crippen LogP contribution < -0.4 is 9.62 Å². The Morgan fingerprint density at radius 2 is 1.76 bits per heavy atom. The molecule has 0 heterocycles. The molecule has 0 atom stereocenters. The SMILES string of the molecule is CCOC(=O)CCC(=O)Nc1ccc(Cl)c(S(=O)(=O)N(CC)c2ccccc2)c1. The van der Waals surface area contributed by atoms with E-state index in [1.807, 2.05) is 0 Å². The van der Waals surface area contributed by atoms with Crippen molar-refractivity contribution in [1.82, 2.24) is 0 Å². The molecule has 0 saturated carbocycles. The second-order valence-electron chi connectivity index (χ2n) is 6.00. The number of amides is 1. The van der Waals surface area contributed by atoms with Crippen LogP contribution in [0.1, 0.15) is 26.7 Å². The van der Waals surface area contributed by atoms with Gasteiger partial charge in [0.05, 0.1) is 23.7 Å². The van der Waals surface area contributed by atoms with Gasteiger partial charge in [0, 0.05) is 18.7 Å². The van der Waals surface area contributed by atoms with Crippen LogP contribution in [-0.4, -0.2) is 33.4 Å². The quantitative estimate of drug-likeness (QED) is 0.600. The second-order valence-corrected chi connectivity index (χ2v) is 8.24. The molecule has 2 aromatic carbocycles. The molecule has 0 bridgehead atoms. The van der Waals surface area contributed by atoms with Crippen LogP contribution in [0.4, 0.5) is 11.4 Å². The van der Waals surface area contributed by atoms with Crippen molar-refractivity contribution in [2.24, 2.45) is 0 Å². The molecule has 0 aromatic heterocycles. The van der Waals surface area contributed by atoms with Gasteiger partial charge in [-0.25, -0.2) is 8.42 Å². The van der Waals surface area contributed by atoms with Crippen molar-refractivity contribution < 1.29 is 22.7 Å². The largest absolute Gasteiger partial charge is 0.466 e. The molecule has 1 amide bonds. The number of nitrogens with one attached hydrogen (secondary N) is 1. The van der Waals surface area contributed by atoms with Gasteiger partial charge < -0.3 is 10.1 Å². The first-order chi connectivity index (χ1) is 13.8. The lowest BCUT2D eigenvalue weighted by Gasteiger charge is -2.23. The molecule has 9 heteroatoms. The summed E-state index contributed by atoms with van der Waals surface area (Å²) in [5, 5.41) is 2.63. The summed E-state index contributed by atoms with van der Waals surface area (Å²) in [6, 6.07) is 12.9. The Morgan fingerprint density at radius 3 is 2.38 bits per heavy atom. The number of benzene rings is 2. The average molecular weight is 439 g/mol. The zero-order chi connectivity index (χ0) is 21.4. The lowest BCUT2D eigenvalue weighted by Crippen LogP contribution is -2.31. The van der Waals surface area contributed by atoms with Crippen LogP contribution in [0, 0.1) is 0 Å². The van der Waals surface area contributed by atoms with Crippen LogP contribution in [0.3, 0.4) is 0 Å². The summed E-state index contributed by atoms with van der Waals surface area (Å²) in [6.07, 6.45) is -0.134. The summed E-state index contributed by atoms with van der Waals surface area (Å²) in [5.74, 6) is -0.900. The van der Waals surface area contributed by atoms with Gasteiger partial charge in [-0.15, -0.1) is 0 Å². The number of sulfonamides is 1. The predicted molar refractivity (Wildman–Crippen MR) is 113 cm³/mol. The van der Waals surface area contributed by atoms with Crippen LogP contribution in [0.15, 0.2) is 53.4 Å². The summed E-state index contributed by atoms with van der Waals surface area (Å²) >= 11 is 6.16. The number of esters is 1. The zero-order valence-corrected chi connectivity index (χ0v) is 17.8. The normalized spacial score (nSPS) is 11.0. The number of hydrogen-bond donors (Lipinski definition) is 1. The van der Waals surface area contributed by atoms with E-state index in [1.165, 1.54) is 22.5 Å². The van der Waals surface area contributed by atoms with Gasteiger partial charge in [0.15, 0.2) is 0 Å². The highest BCUT2D eigenvalue weighted by molar-refractivity contribution is 7.93. The molecule has 29 heavy (non-hydrogen) atoms. The number of ether oxygens (including phenoxy) is 1. The number of halogens is 1. The number of nitrogens with zero attached hydrogens (tertiary/aromatic N) is 1. The Labute approximate surface area is 175 Å². The van der Waals surface area contributed by atoms with Gasteiger partial charge in [-0.05, 0) is 44.2 Å². The molecule has 0 aliphatic carbocycles. The first-order valence-corrected chi connectivity index (χ1v) is 10.9. The van der Waals surface area contributed by atoms with Crippen molar-refractivity contribution in [3.05, 3.63) is 53.6 Å². The lowest BCUT2D eigenvalue weighted by molar-refractivity contribution is -0.144. The standard InChI is InChI=1S/C20H23ClN2O5S/c1-3-23(16-8-6-5-7-9-16)29(26,27)18-14-15(10-11-17(18)21)22-19(24)12-13-20(25)28-4-2/h5-11,14H,3-4,12-13H2,1-2H3,(H,22,24). The van der Waals surface area contributed by atoms with E-state index >= 15 is 0 Å². The molecule has 156 valence electrons. The number of carbonyl (C=O) groups excluding carboxylic acids is 2. The van der Waals surface area contributed by atoms with Gasteiger partial charge in [0.1, 0.15) is 4.90 Å². The van der Waals surface area contributed by atoms with E-state index in [0.717, 1.165) is 0 Å². The molecule has 0 aliphatic heterocycles. The highest BCUT2D eigenvalue weighted by atomic mass is 35.5. The molecule has 0 saturated heterocycles. The van der Waals surface area contributed by atoms with Gasteiger partial charge in [-0.3, -0.25) is 13.9 Å². The minimum Gasteiger partial charge on any atom is -0.466 e. The molecule has 0 aliphatic rings. The minimum atomic E-state index is -3.95. The maximum absolute atomic E-state index is 13.2. The Balaban J connectivity index is 2.23. The van der Waals surface area contributed by atoms with Crippen LogP contribution >= 0.6 is 11.6 Å². The molecule has 2 aromatic rings. The smallest absolute Gasteiger partial charge is 0.306 e. The predicted octanol–water partition coefficient (Wildman–Crippen LogP) is 3.84. The van der Waals surface area contributed by atoms with E-state index in [2.05, 4.69) is 5.32 Å². The Hall–Kier alpha value is -2.58. The van der Waals surface area contributed by atoms with Crippen molar-refractivity contribution in [3.8, 4) is 0 Å². The summed E-state index contributed by atoms with van der Waals surface area (Å²) in [5.41, 5.74) is 0.779. The Bertz CT molecular complexity index is 964. The van der Waals surface area contributed by atoms with Gasteiger partial charge in [-0.1, -0.05) is 29.8 Å². The number of para-hydroxylation sites is 1. The van der Waals surface area contributed by atoms with Gasteiger partial charge in [0.25, 0.3) is 10.0 Å². The van der Waals surface area contributed by atoms with Crippen LogP contribution in [0.5, 0.6) is 0 Å². The maximum Gasteiger partial charge on any atom is 0.306 e. The molecule has 0 fully saturated rings. The van der Waals surface area contributed by atoms with Gasteiger partial charge in [0.2, 0.25) is 5.91 Å². The lowest BCUT2D eigenvalue weighted by atomic mass is 10.2. The summed E-state index contributed by atoms with van der Waals surface area (Å²) in [6.45, 7) is 3.86. The third kappa shape index (κ3) is 5.95. The van der Waals surface area contributed by atoms with Crippen molar-refractivity contribution in [2.75, 3.05) is 22.8 Å². The first kappa shape index (κ1) is 22.7. The van der Waals surface area contributed by atoms with E-state index in [0.29, 0.717) is 5.69 Å². The van der Waals surface area contributed by atoms with E-state index < -0.39 is 21.9 Å². The second kappa shape index (κ2) is 10.3. The first-order valence-electron chi connectivity index (χ1n) is 9.12. The average Bonchev–Trinajstić information content (AvgIpc) is 2.69. The molecule has 2 rings (SSSR count). The van der Waals surface area contributed by atoms with Crippen molar-refractivity contribution >= 4 is 44.9 Å². The fourth-order valence-corrected chi connectivity index (χ4v) is 4.63. The van der Waals surface area contributed by atoms with E-state index in [4.69, 9.17) is 16.3 Å². The summed E-state index contributed by atoms with van der Waals surface area (Å²) in [7, 11) is -3.95. The molecular formula is C20H23ClN2O5S. The Morgan fingerprint density at radius 1 is 1.07 bits per heavy atom. The van der Waals surface area contributed by atoms with Crippen LogP contribution in [-0.2, 0) is 24.3 Å². The number of rotatable bonds is 9. The number of hydrogen-bond acceptors (Lipinski definition) is 5. The van der Waals surface area contributed by atoms with E-state index in [1.54, 1.807) is 44.2 Å². The monoisotopic (exact) mass is 438 g/mol. The fraction of sp³-hybridized carbons (Fsp3) is 0.300. The third-order valence-electron chi connectivity index (χ3n) is 3.98. The molecular weight excluding hydrogens is 416 g/mol. The van der Waals surface area contributed by atoms with Crippen LogP contribution in [0.2, 0.25) is 5.02 Å². The zero-order valence-electron chi connectivity index (χ0n) is 16.2. The highest BCUT2D eigenvalue weighted by Crippen LogP contribution is 2.30. The third-order valence-corrected chi connectivity index (χ3v) is 6.36. The molecule has 0 spiro atoms. The number of carbonyl (C=O) groups is 2. The number of anilines is 2. The molecule has 1 N–H and O–H groups in total. The fourth-order valence-electron chi connectivity index (χ4n) is 2.66. The highest BCUT2D eigenvalue weighted by Gasteiger charge is 2.26. The summed E-state index contributed by atoms with van der Waals surface area (Å²) in [4.78, 5) is 23.3. The molecule has 7 nitrogen and oxygen atoms in total. The van der Waals surface area contributed by atoms with Gasteiger partial charge >= 0.3 is 5.97 Å². The van der Waals surface area contributed by atoms with Crippen LogP contribution in [0.25, 0.3) is 0 Å². The van der Waals surface area contributed by atoms with Gasteiger partial charge in [-0.2, -0.15) is 0 Å². The topological polar surface area (TPSA) is 92.8 Å².